The number of pyridine rings is 1. The number of hydrogen-bond donors (Lipinski definition) is 1. The third-order valence-electron chi connectivity index (χ3n) is 4.20. The van der Waals surface area contributed by atoms with Crippen LogP contribution in [0.3, 0.4) is 0 Å². The molecule has 126 valence electrons. The Balaban J connectivity index is 1.49. The number of fused-ring (bicyclic) bond motifs is 1. The van der Waals surface area contributed by atoms with Gasteiger partial charge in [0.2, 0.25) is 5.76 Å². The minimum Gasteiger partial charge on any atom is -0.475 e. The van der Waals surface area contributed by atoms with E-state index in [0.29, 0.717) is 18.1 Å². The molecule has 7 heteroatoms. The van der Waals surface area contributed by atoms with Crippen LogP contribution in [0, 0.1) is 0 Å². The first-order chi connectivity index (χ1) is 12.2. The Hall–Kier alpha value is -3.06. The van der Waals surface area contributed by atoms with Crippen molar-refractivity contribution in [3.63, 3.8) is 0 Å². The van der Waals surface area contributed by atoms with Crippen molar-refractivity contribution in [2.45, 2.75) is 19.5 Å². The van der Waals surface area contributed by atoms with Crippen LogP contribution in [0.2, 0.25) is 0 Å². The van der Waals surface area contributed by atoms with Gasteiger partial charge in [-0.1, -0.05) is 0 Å². The number of aromatic nitrogens is 3. The third-order valence-corrected chi connectivity index (χ3v) is 4.20. The molecule has 4 rings (SSSR count). The van der Waals surface area contributed by atoms with Crippen molar-refractivity contribution in [1.82, 2.24) is 19.9 Å². The monoisotopic (exact) mass is 336 g/mol. The highest BCUT2D eigenvalue weighted by Gasteiger charge is 2.20. The van der Waals surface area contributed by atoms with E-state index in [2.05, 4.69) is 19.9 Å². The molecular formula is C18H16N4O3. The lowest BCUT2D eigenvalue weighted by molar-refractivity contribution is 0.0658. The molecule has 0 aliphatic carbocycles. The van der Waals surface area contributed by atoms with Crippen molar-refractivity contribution in [2.24, 2.45) is 0 Å². The maximum Gasteiger partial charge on any atom is 0.371 e. The van der Waals surface area contributed by atoms with Gasteiger partial charge in [0.05, 0.1) is 12.2 Å². The summed E-state index contributed by atoms with van der Waals surface area (Å²) in [7, 11) is 0. The highest BCUT2D eigenvalue weighted by Crippen LogP contribution is 2.22. The van der Waals surface area contributed by atoms with Crippen LogP contribution >= 0.6 is 0 Å². The molecular weight excluding hydrogens is 320 g/mol. The van der Waals surface area contributed by atoms with Crippen molar-refractivity contribution in [3.05, 3.63) is 65.6 Å². The van der Waals surface area contributed by atoms with Crippen LogP contribution in [0.1, 0.15) is 27.6 Å². The minimum absolute atomic E-state index is 0.0299. The Kier molecular flexibility index (Phi) is 3.99. The van der Waals surface area contributed by atoms with Crippen molar-refractivity contribution in [3.8, 4) is 11.4 Å². The number of hydrogen-bond acceptors (Lipinski definition) is 6. The molecule has 0 aromatic carbocycles. The standard InChI is InChI=1S/C18H16N4O3/c23-18(24)16-2-1-14(25-16)11-22-8-5-15-13(10-22)9-20-17(21-15)12-3-6-19-7-4-12/h1-4,6-7,9H,5,8,10-11H2,(H,23,24). The summed E-state index contributed by atoms with van der Waals surface area (Å²) in [6.45, 7) is 2.12. The second-order valence-corrected chi connectivity index (χ2v) is 5.93. The molecule has 0 atom stereocenters. The first-order valence-electron chi connectivity index (χ1n) is 7.98. The van der Waals surface area contributed by atoms with E-state index in [9.17, 15) is 4.79 Å². The molecule has 0 unspecified atom stereocenters. The van der Waals surface area contributed by atoms with Gasteiger partial charge < -0.3 is 9.52 Å². The summed E-state index contributed by atoms with van der Waals surface area (Å²) in [5.74, 6) is 0.284. The van der Waals surface area contributed by atoms with Gasteiger partial charge in [-0.05, 0) is 24.3 Å². The largest absolute Gasteiger partial charge is 0.475 e. The van der Waals surface area contributed by atoms with E-state index in [-0.39, 0.29) is 5.76 Å². The second kappa shape index (κ2) is 6.45. The molecule has 3 aromatic rings. The quantitative estimate of drug-likeness (QED) is 0.782. The van der Waals surface area contributed by atoms with Crippen LogP contribution in [0.25, 0.3) is 11.4 Å². The van der Waals surface area contributed by atoms with E-state index in [1.165, 1.54) is 6.07 Å². The van der Waals surface area contributed by atoms with E-state index in [0.717, 1.165) is 36.3 Å². The van der Waals surface area contributed by atoms with Crippen LogP contribution in [0.15, 0.2) is 47.3 Å². The minimum atomic E-state index is -1.05. The van der Waals surface area contributed by atoms with Crippen LogP contribution < -0.4 is 0 Å². The first-order valence-corrected chi connectivity index (χ1v) is 7.98. The first kappa shape index (κ1) is 15.5. The summed E-state index contributed by atoms with van der Waals surface area (Å²) in [5.41, 5.74) is 3.11. The van der Waals surface area contributed by atoms with E-state index < -0.39 is 5.97 Å². The van der Waals surface area contributed by atoms with Crippen LogP contribution in [0.4, 0.5) is 0 Å². The molecule has 0 amide bonds. The second-order valence-electron chi connectivity index (χ2n) is 5.93. The number of nitrogens with zero attached hydrogens (tertiary/aromatic N) is 4. The molecule has 1 aliphatic rings. The smallest absolute Gasteiger partial charge is 0.371 e. The molecule has 0 saturated carbocycles. The predicted molar refractivity (Wildman–Crippen MR) is 88.7 cm³/mol. The Morgan fingerprint density at radius 1 is 1.24 bits per heavy atom. The number of carbonyl (C=O) groups is 1. The van der Waals surface area contributed by atoms with E-state index >= 15 is 0 Å². The Morgan fingerprint density at radius 3 is 2.84 bits per heavy atom. The third kappa shape index (κ3) is 3.27. The van der Waals surface area contributed by atoms with Gasteiger partial charge in [0.25, 0.3) is 0 Å². The lowest BCUT2D eigenvalue weighted by atomic mass is 10.1. The molecule has 1 aliphatic heterocycles. The van der Waals surface area contributed by atoms with Crippen LogP contribution in [0.5, 0.6) is 0 Å². The number of furan rings is 1. The molecule has 3 aromatic heterocycles. The Labute approximate surface area is 144 Å². The number of carboxylic acid groups (broad SMARTS) is 1. The fourth-order valence-electron chi connectivity index (χ4n) is 2.95. The molecule has 1 N–H and O–H groups in total. The van der Waals surface area contributed by atoms with Crippen LogP contribution in [-0.4, -0.2) is 37.5 Å². The summed E-state index contributed by atoms with van der Waals surface area (Å²) >= 11 is 0. The van der Waals surface area contributed by atoms with Gasteiger partial charge in [0.15, 0.2) is 5.82 Å². The zero-order chi connectivity index (χ0) is 17.2. The normalized spacial score (nSPS) is 14.2. The average Bonchev–Trinajstić information content (AvgIpc) is 3.11. The lowest BCUT2D eigenvalue weighted by Gasteiger charge is -2.27. The van der Waals surface area contributed by atoms with Crippen LogP contribution in [-0.2, 0) is 19.5 Å². The fraction of sp³-hybridized carbons (Fsp3) is 0.222. The lowest BCUT2D eigenvalue weighted by Crippen LogP contribution is -2.30. The molecule has 0 spiro atoms. The van der Waals surface area contributed by atoms with Crippen molar-refractivity contribution in [1.29, 1.82) is 0 Å². The molecule has 0 saturated heterocycles. The SMILES string of the molecule is O=C(O)c1ccc(CN2CCc3nc(-c4ccncc4)ncc3C2)o1. The van der Waals surface area contributed by atoms with Gasteiger partial charge in [-0.3, -0.25) is 9.88 Å². The number of rotatable bonds is 4. The van der Waals surface area contributed by atoms with Gasteiger partial charge in [-0.25, -0.2) is 14.8 Å². The van der Waals surface area contributed by atoms with E-state index in [1.807, 2.05) is 18.3 Å². The molecule has 7 nitrogen and oxygen atoms in total. The van der Waals surface area contributed by atoms with Gasteiger partial charge >= 0.3 is 5.97 Å². The average molecular weight is 336 g/mol. The molecule has 4 heterocycles. The summed E-state index contributed by atoms with van der Waals surface area (Å²) in [6, 6.07) is 6.99. The van der Waals surface area contributed by atoms with Crippen molar-refractivity contribution >= 4 is 5.97 Å². The Bertz CT molecular complexity index is 908. The number of carboxylic acids is 1. The topological polar surface area (TPSA) is 92.3 Å². The molecule has 0 fully saturated rings. The van der Waals surface area contributed by atoms with Gasteiger partial charge in [0, 0.05) is 49.2 Å². The van der Waals surface area contributed by atoms with Gasteiger partial charge in [0.1, 0.15) is 5.76 Å². The maximum atomic E-state index is 10.9. The van der Waals surface area contributed by atoms with Crippen molar-refractivity contribution in [2.75, 3.05) is 6.54 Å². The molecule has 25 heavy (non-hydrogen) atoms. The Morgan fingerprint density at radius 2 is 2.08 bits per heavy atom. The van der Waals surface area contributed by atoms with E-state index in [4.69, 9.17) is 9.52 Å². The van der Waals surface area contributed by atoms with Gasteiger partial charge in [-0.15, -0.1) is 0 Å². The highest BCUT2D eigenvalue weighted by atomic mass is 16.4. The summed E-state index contributed by atoms with van der Waals surface area (Å²) in [6.07, 6.45) is 6.15. The zero-order valence-electron chi connectivity index (χ0n) is 13.4. The van der Waals surface area contributed by atoms with Crippen molar-refractivity contribution < 1.29 is 14.3 Å². The summed E-state index contributed by atoms with van der Waals surface area (Å²) in [5, 5.41) is 8.93. The fourth-order valence-corrected chi connectivity index (χ4v) is 2.95. The highest BCUT2D eigenvalue weighted by molar-refractivity contribution is 5.84. The molecule has 0 radical (unpaired) electrons. The number of aromatic carboxylic acids is 1. The zero-order valence-corrected chi connectivity index (χ0v) is 13.4. The van der Waals surface area contributed by atoms with E-state index in [1.54, 1.807) is 18.5 Å². The van der Waals surface area contributed by atoms with Gasteiger partial charge in [-0.2, -0.15) is 0 Å². The summed E-state index contributed by atoms with van der Waals surface area (Å²) < 4.78 is 5.33. The molecule has 0 bridgehead atoms. The maximum absolute atomic E-state index is 10.9. The summed E-state index contributed by atoms with van der Waals surface area (Å²) in [4.78, 5) is 26.3. The predicted octanol–water partition coefficient (Wildman–Crippen LogP) is 2.39.